The van der Waals surface area contributed by atoms with Gasteiger partial charge in [-0.3, -0.25) is 19.1 Å². The van der Waals surface area contributed by atoms with E-state index in [0.717, 1.165) is 57.3 Å². The van der Waals surface area contributed by atoms with Gasteiger partial charge in [-0.1, -0.05) is 40.2 Å². The number of pyridine rings is 1. The molecule has 11 heteroatoms. The van der Waals surface area contributed by atoms with Crippen LogP contribution in [0, 0.1) is 27.7 Å². The first kappa shape index (κ1) is 38.2. The molecule has 274 valence electrons. The molecule has 2 aromatic carbocycles. The Morgan fingerprint density at radius 1 is 0.808 bits per heavy atom. The standard InChI is InChI=1S/C24H28N4OS.C17H22BrN3S/c1-15-11-18(20(29)12-17-7-6-10-25-13-17)8-9-19(15)22-21-16(2)27-28(5)23(21)26-14-24(3,4)30-22;1-10-8-12(18)6-7-13(10)15-14-11(2)20-21(5)16(14)19-9-17(3,4)22-15/h6-11,13,22,26H,12,14H2,1-5H3;6-8,15,19H,9H2,1-5H3. The zero-order chi connectivity index (χ0) is 37.5. The predicted molar refractivity (Wildman–Crippen MR) is 222 cm³/mol. The van der Waals surface area contributed by atoms with E-state index in [0.29, 0.717) is 11.7 Å². The summed E-state index contributed by atoms with van der Waals surface area (Å²) >= 11 is 7.55. The van der Waals surface area contributed by atoms with Crippen LogP contribution in [-0.4, -0.2) is 52.9 Å². The molecule has 7 rings (SSSR count). The number of Topliss-reactive ketones (excluding diaryl/α,β-unsaturated/α-hetero) is 1. The first-order chi connectivity index (χ1) is 24.5. The minimum Gasteiger partial charge on any atom is -0.369 e. The van der Waals surface area contributed by atoms with Crippen molar-refractivity contribution >= 4 is 56.9 Å². The largest absolute Gasteiger partial charge is 0.369 e. The lowest BCUT2D eigenvalue weighted by Gasteiger charge is -2.27. The van der Waals surface area contributed by atoms with E-state index in [2.05, 4.69) is 121 Å². The second-order valence-electron chi connectivity index (χ2n) is 15.2. The summed E-state index contributed by atoms with van der Waals surface area (Å²) in [6, 6.07) is 16.5. The number of aromatic nitrogens is 5. The molecule has 5 aromatic rings. The van der Waals surface area contributed by atoms with Crippen LogP contribution in [0.25, 0.3) is 0 Å². The maximum absolute atomic E-state index is 12.8. The highest BCUT2D eigenvalue weighted by atomic mass is 79.9. The van der Waals surface area contributed by atoms with Gasteiger partial charge in [0.15, 0.2) is 5.78 Å². The van der Waals surface area contributed by atoms with Crippen LogP contribution in [0.3, 0.4) is 0 Å². The first-order valence-electron chi connectivity index (χ1n) is 17.7. The lowest BCUT2D eigenvalue weighted by atomic mass is 9.95. The van der Waals surface area contributed by atoms with Gasteiger partial charge in [0.05, 0.1) is 21.9 Å². The number of hydrogen-bond donors (Lipinski definition) is 2. The molecule has 5 heterocycles. The molecule has 0 fully saturated rings. The number of rotatable bonds is 5. The average molecular weight is 801 g/mol. The van der Waals surface area contributed by atoms with Gasteiger partial charge < -0.3 is 10.6 Å². The summed E-state index contributed by atoms with van der Waals surface area (Å²) < 4.78 is 5.29. The number of halogens is 1. The number of aryl methyl sites for hydroxylation is 6. The number of thioether (sulfide) groups is 2. The molecule has 2 atom stereocenters. The molecule has 8 nitrogen and oxygen atoms in total. The summed E-state index contributed by atoms with van der Waals surface area (Å²) in [6.45, 7) is 19.5. The Kier molecular flexibility index (Phi) is 11.1. The smallest absolute Gasteiger partial charge is 0.167 e. The Balaban J connectivity index is 0.000000187. The van der Waals surface area contributed by atoms with Crippen molar-refractivity contribution in [2.24, 2.45) is 14.1 Å². The molecular weight excluding hydrogens is 751 g/mol. The molecule has 2 N–H and O–H groups in total. The molecule has 3 aromatic heterocycles. The fraction of sp³-hybridized carbons (Fsp3) is 0.415. The van der Waals surface area contributed by atoms with Crippen LogP contribution in [0.5, 0.6) is 0 Å². The fourth-order valence-electron chi connectivity index (χ4n) is 7.13. The zero-order valence-electron chi connectivity index (χ0n) is 31.9. The maximum Gasteiger partial charge on any atom is 0.167 e. The number of nitrogens with one attached hydrogen (secondary N) is 2. The first-order valence-corrected chi connectivity index (χ1v) is 20.3. The molecule has 0 radical (unpaired) electrons. The van der Waals surface area contributed by atoms with Gasteiger partial charge in [-0.25, -0.2) is 0 Å². The molecule has 0 saturated carbocycles. The van der Waals surface area contributed by atoms with Crippen molar-refractivity contribution < 1.29 is 4.79 Å². The minimum absolute atomic E-state index is 0.0668. The molecule has 52 heavy (non-hydrogen) atoms. The third kappa shape index (κ3) is 8.16. The van der Waals surface area contributed by atoms with E-state index < -0.39 is 0 Å². The van der Waals surface area contributed by atoms with Crippen LogP contribution in [0.2, 0.25) is 0 Å². The summed E-state index contributed by atoms with van der Waals surface area (Å²) in [4.78, 5) is 16.9. The molecule has 0 aliphatic carbocycles. The van der Waals surface area contributed by atoms with E-state index in [-0.39, 0.29) is 20.5 Å². The van der Waals surface area contributed by atoms with E-state index in [1.807, 2.05) is 71.2 Å². The van der Waals surface area contributed by atoms with Gasteiger partial charge in [-0.05, 0) is 107 Å². The Hall–Kier alpha value is -3.54. The highest BCUT2D eigenvalue weighted by molar-refractivity contribution is 9.10. The quantitative estimate of drug-likeness (QED) is 0.170. The molecule has 0 spiro atoms. The number of benzene rings is 2. The van der Waals surface area contributed by atoms with Crippen LogP contribution >= 0.6 is 39.5 Å². The van der Waals surface area contributed by atoms with E-state index in [1.165, 1.54) is 27.8 Å². The van der Waals surface area contributed by atoms with Crippen molar-refractivity contribution in [1.82, 2.24) is 24.5 Å². The zero-order valence-corrected chi connectivity index (χ0v) is 35.1. The molecular formula is C41H50BrN7OS2. The lowest BCUT2D eigenvalue weighted by Crippen LogP contribution is -2.26. The number of fused-ring (bicyclic) bond motifs is 2. The number of anilines is 2. The van der Waals surface area contributed by atoms with Crippen LogP contribution < -0.4 is 10.6 Å². The van der Waals surface area contributed by atoms with Crippen LogP contribution in [0.1, 0.15) is 98.9 Å². The topological polar surface area (TPSA) is 89.7 Å². The Bertz CT molecular complexity index is 2100. The third-order valence-electron chi connectivity index (χ3n) is 9.77. The van der Waals surface area contributed by atoms with E-state index in [1.54, 1.807) is 12.4 Å². The summed E-state index contributed by atoms with van der Waals surface area (Å²) in [5.74, 6) is 2.36. The molecule has 2 aliphatic rings. The van der Waals surface area contributed by atoms with Gasteiger partial charge in [0, 0.05) is 76.7 Å². The Labute approximate surface area is 325 Å². The minimum atomic E-state index is 0.0668. The van der Waals surface area contributed by atoms with Crippen molar-refractivity contribution in [3.05, 3.63) is 121 Å². The van der Waals surface area contributed by atoms with Crippen LogP contribution in [0.15, 0.2) is 65.4 Å². The fourth-order valence-corrected chi connectivity index (χ4v) is 10.8. The summed E-state index contributed by atoms with van der Waals surface area (Å²) in [7, 11) is 4.01. The van der Waals surface area contributed by atoms with Gasteiger partial charge in [0.1, 0.15) is 11.6 Å². The number of carbonyl (C=O) groups excluding carboxylic acids is 1. The highest BCUT2D eigenvalue weighted by Crippen LogP contribution is 2.51. The summed E-state index contributed by atoms with van der Waals surface area (Å²) in [5, 5.41) is 17.0. The normalized spacial score (nSPS) is 18.8. The van der Waals surface area contributed by atoms with Gasteiger partial charge in [0.25, 0.3) is 0 Å². The second kappa shape index (κ2) is 15.1. The number of hydrogen-bond acceptors (Lipinski definition) is 8. The SMILES string of the molecule is Cc1cc(Br)ccc1C1SC(C)(C)CNc2c1c(C)nn2C.Cc1cc(C(=O)Cc2cccnc2)ccc1C1SC(C)(C)CNc2c1c(C)nn2C. The Morgan fingerprint density at radius 2 is 1.33 bits per heavy atom. The predicted octanol–water partition coefficient (Wildman–Crippen LogP) is 9.71. The van der Waals surface area contributed by atoms with Gasteiger partial charge >= 0.3 is 0 Å². The second-order valence-corrected chi connectivity index (χ2v) is 19.7. The monoisotopic (exact) mass is 799 g/mol. The number of carbonyl (C=O) groups is 1. The average Bonchev–Trinajstić information content (AvgIpc) is 3.39. The van der Waals surface area contributed by atoms with Crippen molar-refractivity contribution in [3.63, 3.8) is 0 Å². The number of ketones is 1. The van der Waals surface area contributed by atoms with Crippen molar-refractivity contribution in [2.75, 3.05) is 23.7 Å². The van der Waals surface area contributed by atoms with Crippen LogP contribution in [0.4, 0.5) is 11.6 Å². The van der Waals surface area contributed by atoms with Crippen LogP contribution in [-0.2, 0) is 20.5 Å². The highest BCUT2D eigenvalue weighted by Gasteiger charge is 2.36. The molecule has 0 saturated heterocycles. The van der Waals surface area contributed by atoms with Gasteiger partial charge in [-0.15, -0.1) is 23.5 Å². The molecule has 2 aliphatic heterocycles. The third-order valence-corrected chi connectivity index (χ3v) is 13.3. The van der Waals surface area contributed by atoms with Crippen molar-refractivity contribution in [2.45, 2.75) is 81.8 Å². The summed E-state index contributed by atoms with van der Waals surface area (Å²) in [6.07, 6.45) is 3.85. The van der Waals surface area contributed by atoms with E-state index in [4.69, 9.17) is 0 Å². The Morgan fingerprint density at radius 3 is 1.81 bits per heavy atom. The van der Waals surface area contributed by atoms with Crippen molar-refractivity contribution in [1.29, 1.82) is 0 Å². The molecule has 0 amide bonds. The maximum atomic E-state index is 12.8. The van der Waals surface area contributed by atoms with E-state index in [9.17, 15) is 4.79 Å². The van der Waals surface area contributed by atoms with E-state index >= 15 is 0 Å². The lowest BCUT2D eigenvalue weighted by molar-refractivity contribution is 0.0992. The summed E-state index contributed by atoms with van der Waals surface area (Å²) in [5.41, 5.74) is 11.5. The molecule has 2 unspecified atom stereocenters. The van der Waals surface area contributed by atoms with Gasteiger partial charge in [-0.2, -0.15) is 10.2 Å². The number of nitrogens with zero attached hydrogens (tertiary/aromatic N) is 5. The van der Waals surface area contributed by atoms with Gasteiger partial charge in [0.2, 0.25) is 0 Å². The molecule has 0 bridgehead atoms. The van der Waals surface area contributed by atoms with Crippen molar-refractivity contribution in [3.8, 4) is 0 Å².